The largest absolute Gasteiger partial charge is 0.349 e. The van der Waals surface area contributed by atoms with E-state index in [-0.39, 0.29) is 30.3 Å². The Balaban J connectivity index is 1.67. The van der Waals surface area contributed by atoms with Crippen molar-refractivity contribution in [2.45, 2.75) is 38.3 Å². The molecular formula is C19H24N4O2. The van der Waals surface area contributed by atoms with Gasteiger partial charge in [-0.25, -0.2) is 4.98 Å². The highest BCUT2D eigenvalue weighted by atomic mass is 16.2. The second-order valence-electron chi connectivity index (χ2n) is 6.51. The van der Waals surface area contributed by atoms with Gasteiger partial charge in [-0.05, 0) is 18.4 Å². The van der Waals surface area contributed by atoms with Crippen molar-refractivity contribution >= 4 is 11.8 Å². The van der Waals surface area contributed by atoms with Gasteiger partial charge in [0.1, 0.15) is 0 Å². The summed E-state index contributed by atoms with van der Waals surface area (Å²) in [5, 5.41) is 2.90. The normalized spacial score (nSPS) is 18.6. The molecule has 1 aromatic heterocycles. The highest BCUT2D eigenvalue weighted by Gasteiger charge is 2.27. The topological polar surface area (TPSA) is 67.2 Å². The van der Waals surface area contributed by atoms with E-state index in [0.717, 1.165) is 24.9 Å². The van der Waals surface area contributed by atoms with Crippen LogP contribution in [0.5, 0.6) is 0 Å². The number of carbonyl (C=O) groups is 2. The number of nitrogens with one attached hydrogen (secondary N) is 1. The number of hydrogen-bond acceptors (Lipinski definition) is 3. The Kier molecular flexibility index (Phi) is 5.48. The maximum absolute atomic E-state index is 12.8. The number of carbonyl (C=O) groups excluding carboxylic acids is 2. The summed E-state index contributed by atoms with van der Waals surface area (Å²) < 4.78 is 2.07. The van der Waals surface area contributed by atoms with E-state index in [1.54, 1.807) is 6.20 Å². The summed E-state index contributed by atoms with van der Waals surface area (Å²) in [6.45, 7) is 2.94. The van der Waals surface area contributed by atoms with Gasteiger partial charge in [0.05, 0.1) is 24.8 Å². The second-order valence-corrected chi connectivity index (χ2v) is 6.51. The lowest BCUT2D eigenvalue weighted by atomic mass is 10.0. The minimum Gasteiger partial charge on any atom is -0.349 e. The van der Waals surface area contributed by atoms with Crippen LogP contribution in [0.4, 0.5) is 0 Å². The monoisotopic (exact) mass is 340 g/mol. The van der Waals surface area contributed by atoms with Crippen molar-refractivity contribution in [3.63, 3.8) is 0 Å². The average molecular weight is 340 g/mol. The van der Waals surface area contributed by atoms with Gasteiger partial charge in [-0.3, -0.25) is 9.59 Å². The van der Waals surface area contributed by atoms with E-state index in [2.05, 4.69) is 14.9 Å². The standard InChI is InChI=1S/C19H24N4O2/c1-15(24)21-18(16-6-3-2-4-7-16)12-19(25)22-10-5-8-17(13-22)23-11-9-20-14-23/h2-4,6-7,9,11,14,17-18H,5,8,10,12-13H2,1H3,(H,21,24)/t17-,18+/m1/s1. The molecule has 3 rings (SSSR count). The summed E-state index contributed by atoms with van der Waals surface area (Å²) in [4.78, 5) is 30.4. The van der Waals surface area contributed by atoms with Crippen molar-refractivity contribution < 1.29 is 9.59 Å². The molecule has 2 amide bonds. The summed E-state index contributed by atoms with van der Waals surface area (Å²) in [6.07, 6.45) is 7.83. The predicted octanol–water partition coefficient (Wildman–Crippen LogP) is 2.31. The fraction of sp³-hybridized carbons (Fsp3) is 0.421. The Morgan fingerprint density at radius 1 is 1.32 bits per heavy atom. The molecule has 2 heterocycles. The molecule has 6 nitrogen and oxygen atoms in total. The Bertz CT molecular complexity index is 699. The van der Waals surface area contributed by atoms with Crippen LogP contribution in [0.3, 0.4) is 0 Å². The van der Waals surface area contributed by atoms with E-state index >= 15 is 0 Å². The number of benzene rings is 1. The third-order valence-electron chi connectivity index (χ3n) is 4.65. The zero-order valence-corrected chi connectivity index (χ0v) is 14.5. The van der Waals surface area contributed by atoms with Crippen molar-refractivity contribution in [3.8, 4) is 0 Å². The molecule has 1 N–H and O–H groups in total. The average Bonchev–Trinajstić information content (AvgIpc) is 3.16. The maximum Gasteiger partial charge on any atom is 0.225 e. The highest BCUT2D eigenvalue weighted by Crippen LogP contribution is 2.24. The Hall–Kier alpha value is -2.63. The van der Waals surface area contributed by atoms with E-state index in [1.165, 1.54) is 6.92 Å². The fourth-order valence-electron chi connectivity index (χ4n) is 3.40. The lowest BCUT2D eigenvalue weighted by Crippen LogP contribution is -2.42. The number of rotatable bonds is 5. The van der Waals surface area contributed by atoms with Crippen molar-refractivity contribution in [1.82, 2.24) is 19.8 Å². The lowest BCUT2D eigenvalue weighted by Gasteiger charge is -2.34. The first-order valence-electron chi connectivity index (χ1n) is 8.70. The number of piperidine rings is 1. The quantitative estimate of drug-likeness (QED) is 0.908. The van der Waals surface area contributed by atoms with Gasteiger partial charge < -0.3 is 14.8 Å². The Morgan fingerprint density at radius 3 is 2.80 bits per heavy atom. The molecule has 0 radical (unpaired) electrons. The van der Waals surface area contributed by atoms with Crippen LogP contribution < -0.4 is 5.32 Å². The molecule has 2 atom stereocenters. The molecule has 25 heavy (non-hydrogen) atoms. The molecule has 0 saturated carbocycles. The van der Waals surface area contributed by atoms with Gasteiger partial charge in [-0.2, -0.15) is 0 Å². The smallest absolute Gasteiger partial charge is 0.225 e. The molecule has 0 unspecified atom stereocenters. The van der Waals surface area contributed by atoms with Crippen LogP contribution in [0, 0.1) is 0 Å². The van der Waals surface area contributed by atoms with Gasteiger partial charge in [0.2, 0.25) is 11.8 Å². The number of amides is 2. The van der Waals surface area contributed by atoms with E-state index < -0.39 is 0 Å². The van der Waals surface area contributed by atoms with Crippen molar-refractivity contribution in [1.29, 1.82) is 0 Å². The van der Waals surface area contributed by atoms with Crippen LogP contribution in [-0.4, -0.2) is 39.4 Å². The second kappa shape index (κ2) is 7.96. The molecule has 1 aromatic carbocycles. The zero-order chi connectivity index (χ0) is 17.6. The van der Waals surface area contributed by atoms with Crippen LogP contribution in [0.25, 0.3) is 0 Å². The van der Waals surface area contributed by atoms with Gasteiger partial charge >= 0.3 is 0 Å². The molecule has 0 bridgehead atoms. The van der Waals surface area contributed by atoms with Crippen LogP contribution in [-0.2, 0) is 9.59 Å². The molecule has 1 fully saturated rings. The molecular weight excluding hydrogens is 316 g/mol. The van der Waals surface area contributed by atoms with Gasteiger partial charge in [0.15, 0.2) is 0 Å². The van der Waals surface area contributed by atoms with Crippen molar-refractivity contribution in [2.75, 3.05) is 13.1 Å². The van der Waals surface area contributed by atoms with Gasteiger partial charge in [0.25, 0.3) is 0 Å². The Morgan fingerprint density at radius 2 is 2.12 bits per heavy atom. The van der Waals surface area contributed by atoms with E-state index in [4.69, 9.17) is 0 Å². The maximum atomic E-state index is 12.8. The van der Waals surface area contributed by atoms with E-state index in [1.807, 2.05) is 47.8 Å². The van der Waals surface area contributed by atoms with E-state index in [0.29, 0.717) is 6.54 Å². The molecule has 1 saturated heterocycles. The fourth-order valence-corrected chi connectivity index (χ4v) is 3.40. The van der Waals surface area contributed by atoms with E-state index in [9.17, 15) is 9.59 Å². The number of hydrogen-bond donors (Lipinski definition) is 1. The SMILES string of the molecule is CC(=O)N[C@@H](CC(=O)N1CCC[C@@H](n2ccnc2)C1)c1ccccc1. The minimum atomic E-state index is -0.292. The molecule has 0 spiro atoms. The van der Waals surface area contributed by atoms with Gasteiger partial charge in [-0.1, -0.05) is 30.3 Å². The first-order chi connectivity index (χ1) is 12.1. The number of aromatic nitrogens is 2. The zero-order valence-electron chi connectivity index (χ0n) is 14.5. The lowest BCUT2D eigenvalue weighted by molar-refractivity contribution is -0.133. The van der Waals surface area contributed by atoms with Crippen LogP contribution in [0.1, 0.15) is 43.8 Å². The summed E-state index contributed by atoms with van der Waals surface area (Å²) >= 11 is 0. The molecule has 0 aliphatic carbocycles. The van der Waals surface area contributed by atoms with Crippen molar-refractivity contribution in [3.05, 3.63) is 54.6 Å². The third kappa shape index (κ3) is 4.47. The molecule has 1 aliphatic heterocycles. The van der Waals surface area contributed by atoms with Crippen LogP contribution in [0.2, 0.25) is 0 Å². The first kappa shape index (κ1) is 17.2. The van der Waals surface area contributed by atoms with Crippen LogP contribution >= 0.6 is 0 Å². The molecule has 1 aliphatic rings. The molecule has 132 valence electrons. The minimum absolute atomic E-state index is 0.0763. The summed E-state index contributed by atoms with van der Waals surface area (Å²) in [6, 6.07) is 9.64. The number of nitrogens with zero attached hydrogens (tertiary/aromatic N) is 3. The van der Waals surface area contributed by atoms with Gasteiger partial charge in [-0.15, -0.1) is 0 Å². The molecule has 2 aromatic rings. The Labute approximate surface area is 147 Å². The van der Waals surface area contributed by atoms with Crippen molar-refractivity contribution in [2.24, 2.45) is 0 Å². The predicted molar refractivity (Wildman–Crippen MR) is 94.7 cm³/mol. The van der Waals surface area contributed by atoms with Crippen LogP contribution in [0.15, 0.2) is 49.1 Å². The first-order valence-corrected chi connectivity index (χ1v) is 8.70. The number of imidazole rings is 1. The highest BCUT2D eigenvalue weighted by molar-refractivity contribution is 5.79. The molecule has 6 heteroatoms. The number of likely N-dealkylation sites (tertiary alicyclic amines) is 1. The summed E-state index contributed by atoms with van der Waals surface area (Å²) in [5.74, 6) is -0.0518. The summed E-state index contributed by atoms with van der Waals surface area (Å²) in [7, 11) is 0. The third-order valence-corrected chi connectivity index (χ3v) is 4.65. The summed E-state index contributed by atoms with van der Waals surface area (Å²) in [5.41, 5.74) is 0.953. The van der Waals surface area contributed by atoms with Gasteiger partial charge in [0, 0.05) is 32.4 Å².